The molecule has 0 radical (unpaired) electrons. The van der Waals surface area contributed by atoms with Gasteiger partial charge in [0.2, 0.25) is 0 Å². The molecular formula is C12H14ClNO5S2. The molecule has 0 saturated heterocycles. The van der Waals surface area contributed by atoms with E-state index in [1.165, 1.54) is 18.2 Å². The van der Waals surface area contributed by atoms with Crippen LogP contribution in [-0.2, 0) is 31.1 Å². The molecule has 0 aliphatic carbocycles. The number of amides is 1. The molecule has 9 heteroatoms. The summed E-state index contributed by atoms with van der Waals surface area (Å²) < 4.78 is 38.9. The fraction of sp³-hybridized carbons (Fsp3) is 0.417. The minimum absolute atomic E-state index is 0.0195. The summed E-state index contributed by atoms with van der Waals surface area (Å²) in [6.07, 6.45) is 1.12. The molecule has 6 nitrogen and oxygen atoms in total. The summed E-state index contributed by atoms with van der Waals surface area (Å²) in [5, 5.41) is 2.63. The Hall–Kier alpha value is -1.12. The summed E-state index contributed by atoms with van der Waals surface area (Å²) in [5.74, 6) is 0.533. The van der Waals surface area contributed by atoms with Crippen LogP contribution in [0.5, 0.6) is 5.75 Å². The number of ether oxygens (including phenoxy) is 1. The minimum atomic E-state index is -3.80. The highest BCUT2D eigenvalue weighted by Crippen LogP contribution is 2.31. The summed E-state index contributed by atoms with van der Waals surface area (Å²) in [7, 11) is 0.504. The first-order chi connectivity index (χ1) is 9.77. The first-order valence-corrected chi connectivity index (χ1v) is 10.1. The molecule has 2 atom stereocenters. The second-order valence-corrected chi connectivity index (χ2v) is 8.71. The Bertz CT molecular complexity index is 689. The van der Waals surface area contributed by atoms with Crippen molar-refractivity contribution in [2.75, 3.05) is 18.6 Å². The number of carbonyl (C=O) groups excluding carboxylic acids is 1. The van der Waals surface area contributed by atoms with Gasteiger partial charge in [-0.3, -0.25) is 9.00 Å². The van der Waals surface area contributed by atoms with E-state index in [1.807, 2.05) is 0 Å². The van der Waals surface area contributed by atoms with E-state index in [0.29, 0.717) is 23.6 Å². The number of carbonyl (C=O) groups is 1. The third kappa shape index (κ3) is 4.18. The van der Waals surface area contributed by atoms with Crippen molar-refractivity contribution in [1.82, 2.24) is 5.32 Å². The Morgan fingerprint density at radius 2 is 2.24 bits per heavy atom. The molecule has 0 aromatic heterocycles. The van der Waals surface area contributed by atoms with E-state index in [9.17, 15) is 17.4 Å². The Labute approximate surface area is 129 Å². The smallest absolute Gasteiger partial charge is 0.261 e. The van der Waals surface area contributed by atoms with Crippen LogP contribution in [0.25, 0.3) is 0 Å². The lowest BCUT2D eigenvalue weighted by atomic mass is 10.1. The molecule has 1 aromatic carbocycles. The van der Waals surface area contributed by atoms with Gasteiger partial charge in [0.25, 0.3) is 15.0 Å². The third-order valence-electron chi connectivity index (χ3n) is 2.97. The van der Waals surface area contributed by atoms with Crippen molar-refractivity contribution in [3.05, 3.63) is 23.8 Å². The summed E-state index contributed by atoms with van der Waals surface area (Å²) >= 11 is 0. The van der Waals surface area contributed by atoms with Crippen LogP contribution in [0.2, 0.25) is 0 Å². The van der Waals surface area contributed by atoms with Gasteiger partial charge in [0.1, 0.15) is 5.75 Å². The molecule has 1 aliphatic heterocycles. The van der Waals surface area contributed by atoms with Crippen molar-refractivity contribution in [3.63, 3.8) is 0 Å². The summed E-state index contributed by atoms with van der Waals surface area (Å²) in [6.45, 7) is 0.305. The lowest BCUT2D eigenvalue weighted by Crippen LogP contribution is -2.39. The summed E-state index contributed by atoms with van der Waals surface area (Å²) in [5.41, 5.74) is 0.621. The highest BCUT2D eigenvalue weighted by molar-refractivity contribution is 8.13. The number of hydrogen-bond acceptors (Lipinski definition) is 5. The average molecular weight is 352 g/mol. The molecule has 1 aromatic rings. The first kappa shape index (κ1) is 16.3. The Morgan fingerprint density at radius 1 is 1.52 bits per heavy atom. The lowest BCUT2D eigenvalue weighted by Gasteiger charge is -2.10. The molecule has 21 heavy (non-hydrogen) atoms. The number of hydrogen-bond donors (Lipinski definition) is 1. The van der Waals surface area contributed by atoms with Gasteiger partial charge in [-0.25, -0.2) is 8.42 Å². The molecule has 116 valence electrons. The van der Waals surface area contributed by atoms with E-state index in [4.69, 9.17) is 15.4 Å². The Morgan fingerprint density at radius 3 is 2.86 bits per heavy atom. The van der Waals surface area contributed by atoms with Crippen LogP contribution in [0.3, 0.4) is 0 Å². The second kappa shape index (κ2) is 6.33. The molecule has 2 unspecified atom stereocenters. The van der Waals surface area contributed by atoms with Crippen molar-refractivity contribution in [3.8, 4) is 5.75 Å². The van der Waals surface area contributed by atoms with Crippen LogP contribution in [0.4, 0.5) is 0 Å². The van der Waals surface area contributed by atoms with E-state index < -0.39 is 26.0 Å². The van der Waals surface area contributed by atoms with Crippen molar-refractivity contribution < 1.29 is 22.2 Å². The van der Waals surface area contributed by atoms with Crippen molar-refractivity contribution in [1.29, 1.82) is 0 Å². The summed E-state index contributed by atoms with van der Waals surface area (Å²) in [6, 6.07) is 4.23. The Balaban J connectivity index is 2.02. The predicted molar refractivity (Wildman–Crippen MR) is 79.5 cm³/mol. The fourth-order valence-electron chi connectivity index (χ4n) is 1.95. The maximum absolute atomic E-state index is 11.9. The molecule has 0 spiro atoms. The monoisotopic (exact) mass is 351 g/mol. The first-order valence-electron chi connectivity index (χ1n) is 6.09. The van der Waals surface area contributed by atoms with Gasteiger partial charge in [0, 0.05) is 46.5 Å². The van der Waals surface area contributed by atoms with Crippen LogP contribution >= 0.6 is 10.7 Å². The van der Waals surface area contributed by atoms with E-state index >= 15 is 0 Å². The standard InChI is InChI=1S/C12H14ClNO5S2/c1-20(16)5-4-14-12(15)11-7-8-6-9(21(13,17)18)2-3-10(8)19-11/h2-3,6,11H,4-5,7H2,1H3,(H,14,15). The van der Waals surface area contributed by atoms with Gasteiger partial charge < -0.3 is 10.1 Å². The number of benzene rings is 1. The van der Waals surface area contributed by atoms with Gasteiger partial charge in [-0.15, -0.1) is 0 Å². The van der Waals surface area contributed by atoms with Gasteiger partial charge in [0.05, 0.1) is 4.90 Å². The number of nitrogens with one attached hydrogen (secondary N) is 1. The molecule has 1 aliphatic rings. The molecule has 0 saturated carbocycles. The molecule has 0 bridgehead atoms. The minimum Gasteiger partial charge on any atom is -0.480 e. The molecular weight excluding hydrogens is 338 g/mol. The lowest BCUT2D eigenvalue weighted by molar-refractivity contribution is -0.127. The predicted octanol–water partition coefficient (Wildman–Crippen LogP) is 0.412. The molecule has 1 N–H and O–H groups in total. The van der Waals surface area contributed by atoms with Crippen LogP contribution in [0, 0.1) is 0 Å². The van der Waals surface area contributed by atoms with Crippen LogP contribution in [-0.4, -0.2) is 43.2 Å². The normalized spacial score (nSPS) is 18.7. The van der Waals surface area contributed by atoms with Crippen molar-refractivity contribution in [2.24, 2.45) is 0 Å². The number of halogens is 1. The molecule has 0 fully saturated rings. The van der Waals surface area contributed by atoms with Gasteiger partial charge in [0.15, 0.2) is 6.10 Å². The van der Waals surface area contributed by atoms with E-state index in [-0.39, 0.29) is 17.2 Å². The second-order valence-electron chi connectivity index (χ2n) is 4.59. The Kier molecular flexibility index (Phi) is 4.90. The highest BCUT2D eigenvalue weighted by Gasteiger charge is 2.30. The fourth-order valence-corrected chi connectivity index (χ4v) is 3.15. The third-order valence-corrected chi connectivity index (χ3v) is 5.10. The highest BCUT2D eigenvalue weighted by atomic mass is 35.7. The largest absolute Gasteiger partial charge is 0.480 e. The van der Waals surface area contributed by atoms with Gasteiger partial charge in [-0.05, 0) is 23.8 Å². The van der Waals surface area contributed by atoms with E-state index in [2.05, 4.69) is 5.32 Å². The average Bonchev–Trinajstić information content (AvgIpc) is 2.79. The van der Waals surface area contributed by atoms with Crippen molar-refractivity contribution >= 4 is 36.4 Å². The molecule has 2 rings (SSSR count). The van der Waals surface area contributed by atoms with E-state index in [0.717, 1.165) is 0 Å². The maximum atomic E-state index is 11.9. The van der Waals surface area contributed by atoms with Crippen LogP contribution in [0.15, 0.2) is 23.1 Å². The van der Waals surface area contributed by atoms with Gasteiger partial charge >= 0.3 is 0 Å². The zero-order valence-electron chi connectivity index (χ0n) is 11.2. The SMILES string of the molecule is CS(=O)CCNC(=O)C1Cc2cc(S(=O)(=O)Cl)ccc2O1. The van der Waals surface area contributed by atoms with Gasteiger partial charge in [-0.2, -0.15) is 0 Å². The topological polar surface area (TPSA) is 89.5 Å². The maximum Gasteiger partial charge on any atom is 0.261 e. The van der Waals surface area contributed by atoms with Crippen molar-refractivity contribution in [2.45, 2.75) is 17.4 Å². The summed E-state index contributed by atoms with van der Waals surface area (Å²) in [4.78, 5) is 11.9. The zero-order chi connectivity index (χ0) is 15.6. The number of fused-ring (bicyclic) bond motifs is 1. The quantitative estimate of drug-likeness (QED) is 0.776. The molecule has 1 heterocycles. The molecule has 1 amide bonds. The van der Waals surface area contributed by atoms with Gasteiger partial charge in [-0.1, -0.05) is 0 Å². The van der Waals surface area contributed by atoms with E-state index in [1.54, 1.807) is 6.26 Å². The van der Waals surface area contributed by atoms with Crippen LogP contribution < -0.4 is 10.1 Å². The van der Waals surface area contributed by atoms with Crippen LogP contribution in [0.1, 0.15) is 5.56 Å². The number of rotatable bonds is 5. The zero-order valence-corrected chi connectivity index (χ0v) is 13.6.